The van der Waals surface area contributed by atoms with Crippen molar-refractivity contribution in [2.24, 2.45) is 10.8 Å². The van der Waals surface area contributed by atoms with Crippen molar-refractivity contribution in [2.45, 2.75) is 86.5 Å². The molecule has 0 aliphatic carbocycles. The molecule has 0 spiro atoms. The third kappa shape index (κ3) is 6.68. The first-order chi connectivity index (χ1) is 9.63. The number of hydrogen-bond donors (Lipinski definition) is 0. The van der Waals surface area contributed by atoms with Gasteiger partial charge in [0.2, 0.25) is 0 Å². The Hall–Kier alpha value is -0.780. The highest BCUT2D eigenvalue weighted by Crippen LogP contribution is 2.43. The molecule has 0 fully saturated rings. The van der Waals surface area contributed by atoms with Crippen molar-refractivity contribution < 1.29 is 0 Å². The molecule has 0 heteroatoms. The number of unbranched alkanes of at least 4 members (excludes halogenated alkanes) is 2. The van der Waals surface area contributed by atoms with Crippen molar-refractivity contribution in [3.05, 3.63) is 35.4 Å². The van der Waals surface area contributed by atoms with Gasteiger partial charge in [0.1, 0.15) is 0 Å². The Kier molecular flexibility index (Phi) is 6.50. The average Bonchev–Trinajstić information content (AvgIpc) is 2.35. The molecule has 1 rings (SSSR count). The molecule has 1 atom stereocenters. The lowest BCUT2D eigenvalue weighted by atomic mass is 9.69. The normalized spacial score (nSPS) is 14.2. The van der Waals surface area contributed by atoms with Gasteiger partial charge in [-0.05, 0) is 47.1 Å². The van der Waals surface area contributed by atoms with Gasteiger partial charge >= 0.3 is 0 Å². The SMILES string of the molecule is CCCCCc1ccc(C(CC(C)(C)C)C(C)(C)C)cc1. The molecule has 21 heavy (non-hydrogen) atoms. The highest BCUT2D eigenvalue weighted by molar-refractivity contribution is 5.27. The predicted molar refractivity (Wildman–Crippen MR) is 95.9 cm³/mol. The molecular formula is C21H36. The summed E-state index contributed by atoms with van der Waals surface area (Å²) in [7, 11) is 0. The Morgan fingerprint density at radius 3 is 1.86 bits per heavy atom. The number of rotatable bonds is 6. The van der Waals surface area contributed by atoms with Crippen LogP contribution in [-0.2, 0) is 6.42 Å². The lowest BCUT2D eigenvalue weighted by Gasteiger charge is -2.36. The fraction of sp³-hybridized carbons (Fsp3) is 0.714. The van der Waals surface area contributed by atoms with Crippen molar-refractivity contribution in [1.29, 1.82) is 0 Å². The molecule has 0 N–H and O–H groups in total. The van der Waals surface area contributed by atoms with E-state index in [0.29, 0.717) is 16.7 Å². The van der Waals surface area contributed by atoms with Crippen LogP contribution in [0, 0.1) is 10.8 Å². The van der Waals surface area contributed by atoms with Gasteiger partial charge in [0, 0.05) is 0 Å². The van der Waals surface area contributed by atoms with Crippen molar-refractivity contribution in [3.8, 4) is 0 Å². The van der Waals surface area contributed by atoms with Gasteiger partial charge in [-0.2, -0.15) is 0 Å². The maximum atomic E-state index is 2.38. The van der Waals surface area contributed by atoms with E-state index in [2.05, 4.69) is 72.7 Å². The zero-order valence-corrected chi connectivity index (χ0v) is 15.4. The van der Waals surface area contributed by atoms with E-state index in [9.17, 15) is 0 Å². The fourth-order valence-electron chi connectivity index (χ4n) is 3.03. The van der Waals surface area contributed by atoms with Crippen LogP contribution in [0.2, 0.25) is 0 Å². The van der Waals surface area contributed by atoms with Crippen LogP contribution in [0.15, 0.2) is 24.3 Å². The first kappa shape index (κ1) is 18.3. The van der Waals surface area contributed by atoms with E-state index in [1.54, 1.807) is 0 Å². The van der Waals surface area contributed by atoms with E-state index in [4.69, 9.17) is 0 Å². The molecule has 0 saturated carbocycles. The molecule has 0 heterocycles. The van der Waals surface area contributed by atoms with Gasteiger partial charge in [0.05, 0.1) is 0 Å². The summed E-state index contributed by atoms with van der Waals surface area (Å²) in [5, 5.41) is 0. The zero-order chi connectivity index (χ0) is 16.1. The summed E-state index contributed by atoms with van der Waals surface area (Å²) in [4.78, 5) is 0. The van der Waals surface area contributed by atoms with Crippen LogP contribution >= 0.6 is 0 Å². The summed E-state index contributed by atoms with van der Waals surface area (Å²) in [6.45, 7) is 16.4. The molecular weight excluding hydrogens is 252 g/mol. The molecule has 0 amide bonds. The van der Waals surface area contributed by atoms with Crippen LogP contribution in [0.4, 0.5) is 0 Å². The number of hydrogen-bond acceptors (Lipinski definition) is 0. The molecule has 0 bridgehead atoms. The topological polar surface area (TPSA) is 0 Å². The van der Waals surface area contributed by atoms with Crippen molar-refractivity contribution >= 4 is 0 Å². The Morgan fingerprint density at radius 2 is 1.43 bits per heavy atom. The standard InChI is InChI=1S/C21H36/c1-8-9-10-11-17-12-14-18(15-13-17)19(21(5,6)7)16-20(2,3)4/h12-15,19H,8-11,16H2,1-7H3. The largest absolute Gasteiger partial charge is 0.0654 e. The Bertz CT molecular complexity index is 397. The second-order valence-electron chi connectivity index (χ2n) is 8.88. The van der Waals surface area contributed by atoms with E-state index in [1.165, 1.54) is 43.2 Å². The Labute approximate surface area is 133 Å². The summed E-state index contributed by atoms with van der Waals surface area (Å²) < 4.78 is 0. The average molecular weight is 289 g/mol. The van der Waals surface area contributed by atoms with E-state index in [1.807, 2.05) is 0 Å². The van der Waals surface area contributed by atoms with Crippen molar-refractivity contribution in [1.82, 2.24) is 0 Å². The number of benzene rings is 1. The van der Waals surface area contributed by atoms with Gasteiger partial charge in [0.15, 0.2) is 0 Å². The summed E-state index contributed by atoms with van der Waals surface area (Å²) in [5.41, 5.74) is 3.70. The lowest BCUT2D eigenvalue weighted by Crippen LogP contribution is -2.23. The molecule has 0 aliphatic rings. The van der Waals surface area contributed by atoms with Crippen molar-refractivity contribution in [3.63, 3.8) is 0 Å². The first-order valence-electron chi connectivity index (χ1n) is 8.72. The van der Waals surface area contributed by atoms with Gasteiger partial charge in [-0.1, -0.05) is 85.6 Å². The van der Waals surface area contributed by atoms with Crippen LogP contribution < -0.4 is 0 Å². The monoisotopic (exact) mass is 288 g/mol. The van der Waals surface area contributed by atoms with Crippen molar-refractivity contribution in [2.75, 3.05) is 0 Å². The molecule has 0 aliphatic heterocycles. The molecule has 0 radical (unpaired) electrons. The Balaban J connectivity index is 2.84. The van der Waals surface area contributed by atoms with Crippen LogP contribution in [0.3, 0.4) is 0 Å². The van der Waals surface area contributed by atoms with E-state index in [0.717, 1.165) is 0 Å². The van der Waals surface area contributed by atoms with Crippen LogP contribution in [0.25, 0.3) is 0 Å². The van der Waals surface area contributed by atoms with E-state index in [-0.39, 0.29) is 0 Å². The highest BCUT2D eigenvalue weighted by Gasteiger charge is 2.30. The smallest absolute Gasteiger partial charge is 0.0108 e. The molecule has 0 aromatic heterocycles. The Morgan fingerprint density at radius 1 is 0.857 bits per heavy atom. The summed E-state index contributed by atoms with van der Waals surface area (Å²) in [6, 6.07) is 9.46. The maximum absolute atomic E-state index is 2.38. The maximum Gasteiger partial charge on any atom is -0.0108 e. The second-order valence-corrected chi connectivity index (χ2v) is 8.88. The minimum atomic E-state index is 0.316. The minimum Gasteiger partial charge on any atom is -0.0654 e. The molecule has 1 aromatic rings. The quantitative estimate of drug-likeness (QED) is 0.495. The van der Waals surface area contributed by atoms with E-state index >= 15 is 0 Å². The summed E-state index contributed by atoms with van der Waals surface area (Å²) in [5.74, 6) is 0.627. The third-order valence-corrected chi connectivity index (χ3v) is 4.31. The number of aryl methyl sites for hydroxylation is 1. The molecule has 1 unspecified atom stereocenters. The lowest BCUT2D eigenvalue weighted by molar-refractivity contribution is 0.229. The summed E-state index contributed by atoms with van der Waals surface area (Å²) >= 11 is 0. The minimum absolute atomic E-state index is 0.316. The van der Waals surface area contributed by atoms with E-state index < -0.39 is 0 Å². The van der Waals surface area contributed by atoms with Gasteiger partial charge in [-0.25, -0.2) is 0 Å². The first-order valence-corrected chi connectivity index (χ1v) is 8.72. The molecule has 120 valence electrons. The zero-order valence-electron chi connectivity index (χ0n) is 15.4. The van der Waals surface area contributed by atoms with Crippen LogP contribution in [0.5, 0.6) is 0 Å². The predicted octanol–water partition coefficient (Wildman–Crippen LogP) is 6.99. The van der Waals surface area contributed by atoms with Gasteiger partial charge in [-0.3, -0.25) is 0 Å². The van der Waals surface area contributed by atoms with Gasteiger partial charge < -0.3 is 0 Å². The molecule has 1 aromatic carbocycles. The summed E-state index contributed by atoms with van der Waals surface area (Å²) in [6.07, 6.45) is 6.44. The molecule has 0 saturated heterocycles. The fourth-order valence-corrected chi connectivity index (χ4v) is 3.03. The molecule has 0 nitrogen and oxygen atoms in total. The highest BCUT2D eigenvalue weighted by atomic mass is 14.3. The third-order valence-electron chi connectivity index (χ3n) is 4.31. The van der Waals surface area contributed by atoms with Gasteiger partial charge in [0.25, 0.3) is 0 Å². The van der Waals surface area contributed by atoms with Gasteiger partial charge in [-0.15, -0.1) is 0 Å². The second kappa shape index (κ2) is 7.47. The van der Waals surface area contributed by atoms with Crippen LogP contribution in [0.1, 0.15) is 91.2 Å². The van der Waals surface area contributed by atoms with Crippen LogP contribution in [-0.4, -0.2) is 0 Å².